The molecule has 0 bridgehead atoms. The van der Waals surface area contributed by atoms with Crippen LogP contribution in [-0.2, 0) is 12.7 Å². The summed E-state index contributed by atoms with van der Waals surface area (Å²) in [5, 5.41) is 0. The molecule has 1 heterocycles. The molecule has 0 aliphatic carbocycles. The smallest absolute Gasteiger partial charge is 0.416 e. The summed E-state index contributed by atoms with van der Waals surface area (Å²) in [5.41, 5.74) is 4.59. The Kier molecular flexibility index (Phi) is 3.71. The van der Waals surface area contributed by atoms with Gasteiger partial charge < -0.3 is 10.5 Å². The Morgan fingerprint density at radius 1 is 1.16 bits per heavy atom. The average molecular weight is 268 g/mol. The topological polar surface area (TPSA) is 48.1 Å². The van der Waals surface area contributed by atoms with Crippen LogP contribution in [0.1, 0.15) is 11.1 Å². The number of rotatable bonds is 3. The van der Waals surface area contributed by atoms with Crippen LogP contribution in [0.15, 0.2) is 42.7 Å². The second kappa shape index (κ2) is 5.27. The van der Waals surface area contributed by atoms with Crippen molar-refractivity contribution in [3.8, 4) is 11.5 Å². The second-order valence-corrected chi connectivity index (χ2v) is 3.81. The second-order valence-electron chi connectivity index (χ2n) is 3.81. The van der Waals surface area contributed by atoms with Crippen LogP contribution in [-0.4, -0.2) is 4.98 Å². The molecule has 3 nitrogen and oxygen atoms in total. The lowest BCUT2D eigenvalue weighted by molar-refractivity contribution is -0.138. The Morgan fingerprint density at radius 3 is 2.53 bits per heavy atom. The zero-order valence-corrected chi connectivity index (χ0v) is 9.82. The number of hydrogen-bond acceptors (Lipinski definition) is 3. The molecule has 0 radical (unpaired) electrons. The van der Waals surface area contributed by atoms with Crippen LogP contribution >= 0.6 is 0 Å². The van der Waals surface area contributed by atoms with Gasteiger partial charge in [0.25, 0.3) is 0 Å². The summed E-state index contributed by atoms with van der Waals surface area (Å²) >= 11 is 0. The van der Waals surface area contributed by atoms with E-state index in [1.165, 1.54) is 18.3 Å². The Hall–Kier alpha value is -2.08. The number of aromatic nitrogens is 1. The molecule has 0 fully saturated rings. The molecule has 2 aromatic rings. The first-order valence-electron chi connectivity index (χ1n) is 5.49. The van der Waals surface area contributed by atoms with Crippen molar-refractivity contribution in [1.82, 2.24) is 4.98 Å². The maximum Gasteiger partial charge on any atom is 0.416 e. The highest BCUT2D eigenvalue weighted by Crippen LogP contribution is 2.34. The molecule has 0 amide bonds. The lowest BCUT2D eigenvalue weighted by Crippen LogP contribution is -2.11. The minimum atomic E-state index is -4.42. The van der Waals surface area contributed by atoms with Gasteiger partial charge in [-0.25, -0.2) is 0 Å². The fraction of sp³-hybridized carbons (Fsp3) is 0.154. The van der Waals surface area contributed by atoms with Gasteiger partial charge in [0, 0.05) is 12.7 Å². The molecule has 0 unspecified atom stereocenters. The summed E-state index contributed by atoms with van der Waals surface area (Å²) in [6, 6.07) is 6.84. The van der Waals surface area contributed by atoms with Crippen LogP contribution in [0.4, 0.5) is 13.2 Å². The van der Waals surface area contributed by atoms with Crippen LogP contribution in [0.25, 0.3) is 0 Å². The number of hydrogen-bond donors (Lipinski definition) is 1. The molecule has 1 aromatic carbocycles. The van der Waals surface area contributed by atoms with Gasteiger partial charge in [0.15, 0.2) is 0 Å². The number of nitrogens with two attached hydrogens (primary N) is 1. The van der Waals surface area contributed by atoms with Gasteiger partial charge in [-0.15, -0.1) is 0 Å². The third-order valence-corrected chi connectivity index (χ3v) is 2.47. The largest absolute Gasteiger partial charge is 0.456 e. The van der Waals surface area contributed by atoms with Gasteiger partial charge in [-0.05, 0) is 35.9 Å². The highest BCUT2D eigenvalue weighted by molar-refractivity contribution is 5.39. The summed E-state index contributed by atoms with van der Waals surface area (Å²) in [7, 11) is 0. The first-order valence-corrected chi connectivity index (χ1v) is 5.49. The Balaban J connectivity index is 2.30. The molecule has 1 aromatic heterocycles. The minimum Gasteiger partial charge on any atom is -0.456 e. The van der Waals surface area contributed by atoms with E-state index in [1.54, 1.807) is 18.3 Å². The van der Waals surface area contributed by atoms with Gasteiger partial charge in [-0.1, -0.05) is 0 Å². The number of alkyl halides is 3. The Morgan fingerprint density at radius 2 is 1.95 bits per heavy atom. The van der Waals surface area contributed by atoms with Gasteiger partial charge >= 0.3 is 6.18 Å². The van der Waals surface area contributed by atoms with Gasteiger partial charge in [-0.2, -0.15) is 13.2 Å². The third-order valence-electron chi connectivity index (χ3n) is 2.47. The summed E-state index contributed by atoms with van der Waals surface area (Å²) in [6.45, 7) is -0.209. The molecule has 0 atom stereocenters. The highest BCUT2D eigenvalue weighted by atomic mass is 19.4. The maximum atomic E-state index is 12.7. The highest BCUT2D eigenvalue weighted by Gasteiger charge is 2.33. The zero-order chi connectivity index (χ0) is 13.9. The van der Waals surface area contributed by atoms with Crippen LogP contribution < -0.4 is 10.5 Å². The predicted octanol–water partition coefficient (Wildman–Crippen LogP) is 3.35. The van der Waals surface area contributed by atoms with E-state index in [9.17, 15) is 13.2 Å². The first kappa shape index (κ1) is 13.4. The van der Waals surface area contributed by atoms with Gasteiger partial charge in [-0.3, -0.25) is 4.98 Å². The van der Waals surface area contributed by atoms with Crippen LogP contribution in [0, 0.1) is 0 Å². The fourth-order valence-corrected chi connectivity index (χ4v) is 1.62. The van der Waals surface area contributed by atoms with Gasteiger partial charge in [0.2, 0.25) is 0 Å². The molecule has 0 saturated heterocycles. The molecular weight excluding hydrogens is 257 g/mol. The quantitative estimate of drug-likeness (QED) is 0.928. The number of benzene rings is 1. The Labute approximate surface area is 107 Å². The molecule has 19 heavy (non-hydrogen) atoms. The zero-order valence-electron chi connectivity index (χ0n) is 9.82. The summed E-state index contributed by atoms with van der Waals surface area (Å²) in [6.07, 6.45) is -1.37. The van der Waals surface area contributed by atoms with E-state index in [0.29, 0.717) is 11.5 Å². The van der Waals surface area contributed by atoms with E-state index in [4.69, 9.17) is 10.5 Å². The van der Waals surface area contributed by atoms with Crippen molar-refractivity contribution in [2.45, 2.75) is 12.7 Å². The normalized spacial score (nSPS) is 11.4. The maximum absolute atomic E-state index is 12.7. The number of nitrogens with zero attached hydrogens (tertiary/aromatic N) is 1. The summed E-state index contributed by atoms with van der Waals surface area (Å²) < 4.78 is 43.5. The number of halogens is 3. The monoisotopic (exact) mass is 268 g/mol. The molecule has 0 saturated carbocycles. The lowest BCUT2D eigenvalue weighted by atomic mass is 10.1. The van der Waals surface area contributed by atoms with Crippen molar-refractivity contribution in [2.24, 2.45) is 5.73 Å². The van der Waals surface area contributed by atoms with Gasteiger partial charge in [0.1, 0.15) is 11.5 Å². The van der Waals surface area contributed by atoms with Crippen molar-refractivity contribution < 1.29 is 17.9 Å². The Bertz CT molecular complexity index is 556. The molecule has 100 valence electrons. The molecule has 0 aliphatic rings. The minimum absolute atomic E-state index is 0.00566. The van der Waals surface area contributed by atoms with Crippen molar-refractivity contribution in [3.63, 3.8) is 0 Å². The van der Waals surface area contributed by atoms with Crippen molar-refractivity contribution in [2.75, 3.05) is 0 Å². The van der Waals surface area contributed by atoms with E-state index < -0.39 is 11.7 Å². The third kappa shape index (κ3) is 3.23. The first-order chi connectivity index (χ1) is 9.00. The molecular formula is C13H11F3N2O. The molecule has 6 heteroatoms. The fourth-order valence-electron chi connectivity index (χ4n) is 1.62. The van der Waals surface area contributed by atoms with Crippen LogP contribution in [0.5, 0.6) is 11.5 Å². The standard InChI is InChI=1S/C13H11F3N2O/c14-13(15,16)12-4-3-10(6-9(12)7-17)19-11-2-1-5-18-8-11/h1-6,8H,7,17H2. The molecule has 0 spiro atoms. The van der Waals surface area contributed by atoms with E-state index in [-0.39, 0.29) is 12.1 Å². The summed E-state index contributed by atoms with van der Waals surface area (Å²) in [5.74, 6) is 0.742. The van der Waals surface area contributed by atoms with Crippen molar-refractivity contribution in [3.05, 3.63) is 53.9 Å². The van der Waals surface area contributed by atoms with E-state index >= 15 is 0 Å². The number of ether oxygens (including phenoxy) is 1. The van der Waals surface area contributed by atoms with E-state index in [2.05, 4.69) is 4.98 Å². The SMILES string of the molecule is NCc1cc(Oc2cccnc2)ccc1C(F)(F)F. The van der Waals surface area contributed by atoms with Gasteiger partial charge in [0.05, 0.1) is 11.8 Å². The van der Waals surface area contributed by atoms with Crippen molar-refractivity contribution >= 4 is 0 Å². The molecule has 2 N–H and O–H groups in total. The molecule has 0 aliphatic heterocycles. The molecule has 2 rings (SSSR count). The van der Waals surface area contributed by atoms with Crippen LogP contribution in [0.3, 0.4) is 0 Å². The van der Waals surface area contributed by atoms with Crippen molar-refractivity contribution in [1.29, 1.82) is 0 Å². The van der Waals surface area contributed by atoms with E-state index in [0.717, 1.165) is 6.07 Å². The van der Waals surface area contributed by atoms with Crippen LogP contribution in [0.2, 0.25) is 0 Å². The van der Waals surface area contributed by atoms with E-state index in [1.807, 2.05) is 0 Å². The number of pyridine rings is 1. The predicted molar refractivity (Wildman–Crippen MR) is 63.6 cm³/mol. The average Bonchev–Trinajstić information content (AvgIpc) is 2.38. The lowest BCUT2D eigenvalue weighted by Gasteiger charge is -2.13. The summed E-state index contributed by atoms with van der Waals surface area (Å²) in [4.78, 5) is 3.85.